The second kappa shape index (κ2) is 7.97. The first-order valence-corrected chi connectivity index (χ1v) is 5.75. The third kappa shape index (κ3) is 6.93. The molecule has 0 saturated carbocycles. The van der Waals surface area contributed by atoms with E-state index in [0.29, 0.717) is 6.54 Å². The highest BCUT2D eigenvalue weighted by atomic mass is 16.4. The van der Waals surface area contributed by atoms with E-state index >= 15 is 0 Å². The van der Waals surface area contributed by atoms with Crippen LogP contribution in [0.25, 0.3) is 0 Å². The Balaban J connectivity index is 4.94. The zero-order chi connectivity index (χ0) is 15.0. The van der Waals surface area contributed by atoms with Gasteiger partial charge >= 0.3 is 12.0 Å². The van der Waals surface area contributed by atoms with Gasteiger partial charge in [0.1, 0.15) is 13.1 Å². The van der Waals surface area contributed by atoms with Crippen LogP contribution in [0.4, 0.5) is 4.79 Å². The number of nitrogens with two attached hydrogens (primary N) is 1. The number of terminal acetylenes is 1. The van der Waals surface area contributed by atoms with Gasteiger partial charge in [0.2, 0.25) is 5.91 Å². The van der Waals surface area contributed by atoms with Crippen LogP contribution in [0.5, 0.6) is 0 Å². The van der Waals surface area contributed by atoms with Gasteiger partial charge in [-0.05, 0) is 5.92 Å². The lowest BCUT2D eigenvalue weighted by atomic mass is 10.2. The SMILES string of the molecule is C#CCN(CC(=O)O)C(=O)N(CC(N)=O)CC(C)C. The zero-order valence-electron chi connectivity index (χ0n) is 11.1. The van der Waals surface area contributed by atoms with Gasteiger partial charge < -0.3 is 20.6 Å². The average molecular weight is 269 g/mol. The van der Waals surface area contributed by atoms with Crippen LogP contribution in [0.3, 0.4) is 0 Å². The van der Waals surface area contributed by atoms with E-state index in [0.717, 1.165) is 4.90 Å². The summed E-state index contributed by atoms with van der Waals surface area (Å²) in [5.74, 6) is 0.490. The van der Waals surface area contributed by atoms with Gasteiger partial charge in [-0.15, -0.1) is 6.42 Å². The molecule has 0 aliphatic heterocycles. The molecule has 0 bridgehead atoms. The number of carboxylic acid groups (broad SMARTS) is 1. The first kappa shape index (κ1) is 16.8. The Morgan fingerprint density at radius 1 is 1.26 bits per heavy atom. The van der Waals surface area contributed by atoms with Crippen LogP contribution in [0.1, 0.15) is 13.8 Å². The van der Waals surface area contributed by atoms with Crippen molar-refractivity contribution in [3.05, 3.63) is 0 Å². The summed E-state index contributed by atoms with van der Waals surface area (Å²) in [6.45, 7) is 3.10. The summed E-state index contributed by atoms with van der Waals surface area (Å²) in [5, 5.41) is 8.73. The molecule has 7 heteroatoms. The first-order chi connectivity index (χ1) is 8.77. The van der Waals surface area contributed by atoms with Crippen molar-refractivity contribution in [3.8, 4) is 12.3 Å². The van der Waals surface area contributed by atoms with Crippen LogP contribution in [0, 0.1) is 18.3 Å². The molecule has 3 amide bonds. The fourth-order valence-electron chi connectivity index (χ4n) is 1.50. The van der Waals surface area contributed by atoms with Crippen molar-refractivity contribution in [2.45, 2.75) is 13.8 Å². The van der Waals surface area contributed by atoms with E-state index in [1.165, 1.54) is 4.90 Å². The summed E-state index contributed by atoms with van der Waals surface area (Å²) >= 11 is 0. The Labute approximate surface area is 112 Å². The van der Waals surface area contributed by atoms with E-state index in [4.69, 9.17) is 17.3 Å². The predicted molar refractivity (Wildman–Crippen MR) is 69.0 cm³/mol. The quantitative estimate of drug-likeness (QED) is 0.612. The fourth-order valence-corrected chi connectivity index (χ4v) is 1.50. The van der Waals surface area contributed by atoms with Crippen molar-refractivity contribution < 1.29 is 19.5 Å². The van der Waals surface area contributed by atoms with Crippen molar-refractivity contribution >= 4 is 17.9 Å². The predicted octanol–water partition coefficient (Wildman–Crippen LogP) is -0.430. The minimum absolute atomic E-state index is 0.112. The van der Waals surface area contributed by atoms with Gasteiger partial charge in [0.25, 0.3) is 0 Å². The summed E-state index contributed by atoms with van der Waals surface area (Å²) in [5.41, 5.74) is 5.07. The summed E-state index contributed by atoms with van der Waals surface area (Å²) in [6, 6.07) is -0.604. The van der Waals surface area contributed by atoms with Crippen molar-refractivity contribution in [3.63, 3.8) is 0 Å². The highest BCUT2D eigenvalue weighted by Gasteiger charge is 2.24. The van der Waals surface area contributed by atoms with E-state index in [2.05, 4.69) is 5.92 Å². The Morgan fingerprint density at radius 2 is 1.84 bits per heavy atom. The molecule has 19 heavy (non-hydrogen) atoms. The van der Waals surface area contributed by atoms with Crippen LogP contribution in [-0.2, 0) is 9.59 Å². The number of aliphatic carboxylic acids is 1. The van der Waals surface area contributed by atoms with E-state index < -0.39 is 24.5 Å². The largest absolute Gasteiger partial charge is 0.480 e. The Bertz CT molecular complexity index is 387. The summed E-state index contributed by atoms with van der Waals surface area (Å²) in [6.07, 6.45) is 5.10. The number of carboxylic acids is 1. The molecule has 0 aromatic heterocycles. The van der Waals surface area contributed by atoms with Gasteiger partial charge in [0.15, 0.2) is 0 Å². The van der Waals surface area contributed by atoms with Gasteiger partial charge in [-0.25, -0.2) is 4.79 Å². The molecule has 106 valence electrons. The van der Waals surface area contributed by atoms with Gasteiger partial charge in [0.05, 0.1) is 6.54 Å². The van der Waals surface area contributed by atoms with E-state index in [9.17, 15) is 14.4 Å². The Hall–Kier alpha value is -2.23. The fraction of sp³-hybridized carbons (Fsp3) is 0.583. The molecule has 0 aromatic rings. The maximum Gasteiger partial charge on any atom is 0.323 e. The van der Waals surface area contributed by atoms with E-state index in [-0.39, 0.29) is 19.0 Å². The molecule has 3 N–H and O–H groups in total. The number of urea groups is 1. The van der Waals surface area contributed by atoms with Crippen molar-refractivity contribution in [1.82, 2.24) is 9.80 Å². The van der Waals surface area contributed by atoms with Crippen LogP contribution >= 0.6 is 0 Å². The van der Waals surface area contributed by atoms with Gasteiger partial charge in [-0.3, -0.25) is 9.59 Å². The number of amides is 3. The van der Waals surface area contributed by atoms with Crippen LogP contribution in [0.15, 0.2) is 0 Å². The van der Waals surface area contributed by atoms with Crippen LogP contribution in [0.2, 0.25) is 0 Å². The standard InChI is InChI=1S/C12H19N3O4/c1-4-5-14(8-11(17)18)12(19)15(6-9(2)3)7-10(13)16/h1,9H,5-8H2,2-3H3,(H2,13,16)(H,17,18). The molecule has 0 aliphatic carbocycles. The first-order valence-electron chi connectivity index (χ1n) is 5.75. The van der Waals surface area contributed by atoms with Gasteiger partial charge in [0, 0.05) is 6.54 Å². The molecule has 0 spiro atoms. The minimum Gasteiger partial charge on any atom is -0.480 e. The maximum atomic E-state index is 12.1. The maximum absolute atomic E-state index is 12.1. The van der Waals surface area contributed by atoms with Crippen molar-refractivity contribution in [2.24, 2.45) is 11.7 Å². The number of hydrogen-bond acceptors (Lipinski definition) is 3. The third-order valence-corrected chi connectivity index (χ3v) is 2.08. The van der Waals surface area contributed by atoms with Gasteiger partial charge in [-0.1, -0.05) is 19.8 Å². The average Bonchev–Trinajstić information content (AvgIpc) is 2.24. The molecule has 0 heterocycles. The second-order valence-electron chi connectivity index (χ2n) is 4.48. The molecule has 7 nitrogen and oxygen atoms in total. The lowest BCUT2D eigenvalue weighted by Crippen LogP contribution is -2.49. The molecular weight excluding hydrogens is 250 g/mol. The normalized spacial score (nSPS) is 9.79. The molecule has 0 atom stereocenters. The Kier molecular flexibility index (Phi) is 7.04. The number of carbonyl (C=O) groups is 3. The highest BCUT2D eigenvalue weighted by molar-refractivity contribution is 5.85. The molecule has 0 fully saturated rings. The summed E-state index contributed by atoms with van der Waals surface area (Å²) in [4.78, 5) is 35.9. The van der Waals surface area contributed by atoms with Crippen LogP contribution in [-0.4, -0.2) is 59.0 Å². The molecule has 0 unspecified atom stereocenters. The summed E-state index contributed by atoms with van der Waals surface area (Å²) in [7, 11) is 0. The monoisotopic (exact) mass is 269 g/mol. The van der Waals surface area contributed by atoms with E-state index in [1.54, 1.807) is 0 Å². The molecule has 0 radical (unpaired) electrons. The Morgan fingerprint density at radius 3 is 2.21 bits per heavy atom. The number of hydrogen-bond donors (Lipinski definition) is 2. The van der Waals surface area contributed by atoms with Crippen molar-refractivity contribution in [1.29, 1.82) is 0 Å². The minimum atomic E-state index is -1.17. The second-order valence-corrected chi connectivity index (χ2v) is 4.48. The number of nitrogens with zero attached hydrogens (tertiary/aromatic N) is 2. The molecule has 0 aliphatic rings. The van der Waals surface area contributed by atoms with Gasteiger partial charge in [-0.2, -0.15) is 0 Å². The highest BCUT2D eigenvalue weighted by Crippen LogP contribution is 2.04. The topological polar surface area (TPSA) is 104 Å². The summed E-state index contributed by atoms with van der Waals surface area (Å²) < 4.78 is 0. The zero-order valence-corrected chi connectivity index (χ0v) is 11.1. The molecular formula is C12H19N3O4. The molecule has 0 rings (SSSR count). The number of primary amides is 1. The third-order valence-electron chi connectivity index (χ3n) is 2.08. The number of rotatable bonds is 7. The smallest absolute Gasteiger partial charge is 0.323 e. The van der Waals surface area contributed by atoms with E-state index in [1.807, 2.05) is 13.8 Å². The lowest BCUT2D eigenvalue weighted by Gasteiger charge is -2.29. The number of carbonyl (C=O) groups excluding carboxylic acids is 2. The van der Waals surface area contributed by atoms with Crippen molar-refractivity contribution in [2.75, 3.05) is 26.2 Å². The lowest BCUT2D eigenvalue weighted by molar-refractivity contribution is -0.137. The van der Waals surface area contributed by atoms with Crippen LogP contribution < -0.4 is 5.73 Å². The molecule has 0 aromatic carbocycles. The molecule has 0 saturated heterocycles.